The summed E-state index contributed by atoms with van der Waals surface area (Å²) >= 11 is 0. The molecule has 2 amide bonds. The van der Waals surface area contributed by atoms with Crippen LogP contribution in [0.3, 0.4) is 0 Å². The normalized spacial score (nSPS) is 14.6. The fourth-order valence-electron chi connectivity index (χ4n) is 3.60. The number of fused-ring (bicyclic) bond motifs is 1. The van der Waals surface area contributed by atoms with E-state index in [4.69, 9.17) is 9.47 Å². The molecule has 0 saturated heterocycles. The number of anilines is 1. The third-order valence-corrected chi connectivity index (χ3v) is 5.11. The molecule has 0 aliphatic carbocycles. The summed E-state index contributed by atoms with van der Waals surface area (Å²) in [5, 5.41) is 0. The average molecular weight is 399 g/mol. The molecule has 0 unspecified atom stereocenters. The maximum atomic E-state index is 13.5. The Morgan fingerprint density at radius 3 is 2.13 bits per heavy atom. The van der Waals surface area contributed by atoms with Crippen molar-refractivity contribution < 1.29 is 19.1 Å². The van der Waals surface area contributed by atoms with Crippen LogP contribution in [-0.4, -0.2) is 26.0 Å². The van der Waals surface area contributed by atoms with Crippen molar-refractivity contribution in [2.24, 2.45) is 0 Å². The number of para-hydroxylation sites is 1. The second-order valence-electron chi connectivity index (χ2n) is 6.97. The van der Waals surface area contributed by atoms with Gasteiger partial charge in [0.2, 0.25) is 0 Å². The van der Waals surface area contributed by atoms with Gasteiger partial charge in [-0.1, -0.05) is 48.0 Å². The summed E-state index contributed by atoms with van der Waals surface area (Å²) in [7, 11) is 3.12. The van der Waals surface area contributed by atoms with Gasteiger partial charge in [0, 0.05) is 16.7 Å². The number of carbonyl (C=O) groups excluding carboxylic acids is 2. The SMILES string of the molecule is COc1cccc(/C=C2\C(=O)N(c3ccc(C)cc3)C(=O)c3ccccc32)c1OC. The van der Waals surface area contributed by atoms with E-state index in [0.29, 0.717) is 39.4 Å². The highest BCUT2D eigenvalue weighted by atomic mass is 16.5. The van der Waals surface area contributed by atoms with Crippen molar-refractivity contribution in [1.29, 1.82) is 0 Å². The van der Waals surface area contributed by atoms with Crippen molar-refractivity contribution in [3.05, 3.63) is 89.0 Å². The van der Waals surface area contributed by atoms with Gasteiger partial charge in [-0.25, -0.2) is 4.90 Å². The number of rotatable bonds is 4. The lowest BCUT2D eigenvalue weighted by Gasteiger charge is -2.29. The van der Waals surface area contributed by atoms with Crippen LogP contribution < -0.4 is 14.4 Å². The first-order chi connectivity index (χ1) is 14.5. The summed E-state index contributed by atoms with van der Waals surface area (Å²) in [6, 6.07) is 19.9. The van der Waals surface area contributed by atoms with Crippen LogP contribution in [0.2, 0.25) is 0 Å². The third-order valence-electron chi connectivity index (χ3n) is 5.11. The van der Waals surface area contributed by atoms with Crippen molar-refractivity contribution in [2.45, 2.75) is 6.92 Å². The van der Waals surface area contributed by atoms with Crippen LogP contribution >= 0.6 is 0 Å². The number of aryl methyl sites for hydroxylation is 1. The molecule has 0 spiro atoms. The minimum atomic E-state index is -0.382. The van der Waals surface area contributed by atoms with Gasteiger partial charge < -0.3 is 9.47 Å². The van der Waals surface area contributed by atoms with Crippen LogP contribution in [0.4, 0.5) is 5.69 Å². The lowest BCUT2D eigenvalue weighted by molar-refractivity contribution is -0.112. The first kappa shape index (κ1) is 19.5. The zero-order chi connectivity index (χ0) is 21.3. The molecule has 150 valence electrons. The van der Waals surface area contributed by atoms with E-state index in [1.807, 2.05) is 37.3 Å². The van der Waals surface area contributed by atoms with Crippen molar-refractivity contribution in [3.8, 4) is 11.5 Å². The quantitative estimate of drug-likeness (QED) is 0.470. The number of ether oxygens (including phenoxy) is 2. The van der Waals surface area contributed by atoms with Gasteiger partial charge in [-0.2, -0.15) is 0 Å². The molecule has 0 N–H and O–H groups in total. The predicted octanol–water partition coefficient (Wildman–Crippen LogP) is 4.74. The molecule has 0 aromatic heterocycles. The van der Waals surface area contributed by atoms with Crippen LogP contribution in [0.5, 0.6) is 11.5 Å². The van der Waals surface area contributed by atoms with E-state index in [1.165, 1.54) is 4.90 Å². The van der Waals surface area contributed by atoms with Gasteiger partial charge in [-0.3, -0.25) is 9.59 Å². The van der Waals surface area contributed by atoms with E-state index in [0.717, 1.165) is 5.56 Å². The summed E-state index contributed by atoms with van der Waals surface area (Å²) in [5.41, 5.74) is 3.76. The van der Waals surface area contributed by atoms with Crippen LogP contribution in [0.1, 0.15) is 27.0 Å². The molecule has 0 bridgehead atoms. The van der Waals surface area contributed by atoms with E-state index in [9.17, 15) is 9.59 Å². The monoisotopic (exact) mass is 399 g/mol. The maximum absolute atomic E-state index is 13.5. The number of hydrogen-bond donors (Lipinski definition) is 0. The van der Waals surface area contributed by atoms with Crippen LogP contribution in [0, 0.1) is 6.92 Å². The summed E-state index contributed by atoms with van der Waals surface area (Å²) in [6.45, 7) is 1.96. The van der Waals surface area contributed by atoms with Gasteiger partial charge in [-0.15, -0.1) is 0 Å². The third kappa shape index (κ3) is 3.24. The number of methoxy groups -OCH3 is 2. The standard InChI is InChI=1S/C25H21NO4/c1-16-11-13-18(14-12-16)26-24(27)20-9-5-4-8-19(20)21(25(26)28)15-17-7-6-10-22(29-2)23(17)30-3/h4-15H,1-3H3/b21-15-. The molecule has 5 heteroatoms. The van der Waals surface area contributed by atoms with Crippen molar-refractivity contribution in [1.82, 2.24) is 0 Å². The summed E-state index contributed by atoms with van der Waals surface area (Å²) in [6.07, 6.45) is 1.75. The molecule has 3 aromatic carbocycles. The molecule has 30 heavy (non-hydrogen) atoms. The van der Waals surface area contributed by atoms with Gasteiger partial charge in [-0.05, 0) is 42.8 Å². The van der Waals surface area contributed by atoms with E-state index < -0.39 is 0 Å². The minimum absolute atomic E-state index is 0.339. The zero-order valence-corrected chi connectivity index (χ0v) is 17.0. The fraction of sp³-hybridized carbons (Fsp3) is 0.120. The number of hydrogen-bond acceptors (Lipinski definition) is 4. The van der Waals surface area contributed by atoms with E-state index in [2.05, 4.69) is 0 Å². The molecular weight excluding hydrogens is 378 g/mol. The Labute approximate surface area is 175 Å². The first-order valence-electron chi connectivity index (χ1n) is 9.52. The van der Waals surface area contributed by atoms with Gasteiger partial charge in [0.25, 0.3) is 11.8 Å². The topological polar surface area (TPSA) is 55.8 Å². The van der Waals surface area contributed by atoms with E-state index in [-0.39, 0.29) is 11.8 Å². The Balaban J connectivity index is 1.92. The Kier molecular flexibility index (Phi) is 5.11. The van der Waals surface area contributed by atoms with Gasteiger partial charge in [0.15, 0.2) is 11.5 Å². The smallest absolute Gasteiger partial charge is 0.265 e. The van der Waals surface area contributed by atoms with Gasteiger partial charge >= 0.3 is 0 Å². The highest BCUT2D eigenvalue weighted by Crippen LogP contribution is 2.37. The Hall–Kier alpha value is -3.86. The number of imide groups is 1. The highest BCUT2D eigenvalue weighted by molar-refractivity contribution is 6.43. The summed E-state index contributed by atoms with van der Waals surface area (Å²) in [4.78, 5) is 27.9. The molecule has 3 aromatic rings. The highest BCUT2D eigenvalue weighted by Gasteiger charge is 2.35. The van der Waals surface area contributed by atoms with Gasteiger partial charge in [0.1, 0.15) is 0 Å². The van der Waals surface area contributed by atoms with Crippen LogP contribution in [-0.2, 0) is 4.79 Å². The van der Waals surface area contributed by atoms with Crippen molar-refractivity contribution >= 4 is 29.2 Å². The lowest BCUT2D eigenvalue weighted by Crippen LogP contribution is -2.41. The number of benzene rings is 3. The zero-order valence-electron chi connectivity index (χ0n) is 17.0. The van der Waals surface area contributed by atoms with Crippen LogP contribution in [0.25, 0.3) is 11.6 Å². The van der Waals surface area contributed by atoms with E-state index in [1.54, 1.807) is 56.7 Å². The molecule has 1 aliphatic heterocycles. The molecule has 5 nitrogen and oxygen atoms in total. The van der Waals surface area contributed by atoms with Crippen molar-refractivity contribution in [3.63, 3.8) is 0 Å². The average Bonchev–Trinajstić information content (AvgIpc) is 2.77. The molecule has 0 radical (unpaired) electrons. The Morgan fingerprint density at radius 2 is 1.47 bits per heavy atom. The molecule has 1 aliphatic rings. The molecule has 0 fully saturated rings. The predicted molar refractivity (Wildman–Crippen MR) is 117 cm³/mol. The van der Waals surface area contributed by atoms with Crippen molar-refractivity contribution in [2.75, 3.05) is 19.1 Å². The molecule has 1 heterocycles. The lowest BCUT2D eigenvalue weighted by atomic mass is 9.91. The molecule has 0 atom stereocenters. The summed E-state index contributed by atoms with van der Waals surface area (Å²) in [5.74, 6) is 0.369. The van der Waals surface area contributed by atoms with Crippen LogP contribution in [0.15, 0.2) is 66.7 Å². The maximum Gasteiger partial charge on any atom is 0.265 e. The number of nitrogens with zero attached hydrogens (tertiary/aromatic N) is 1. The Morgan fingerprint density at radius 1 is 0.767 bits per heavy atom. The fourth-order valence-corrected chi connectivity index (χ4v) is 3.60. The van der Waals surface area contributed by atoms with E-state index >= 15 is 0 Å². The molecule has 4 rings (SSSR count). The van der Waals surface area contributed by atoms with Gasteiger partial charge in [0.05, 0.1) is 19.9 Å². The number of carbonyl (C=O) groups is 2. The second kappa shape index (κ2) is 7.87. The second-order valence-corrected chi connectivity index (χ2v) is 6.97. The largest absolute Gasteiger partial charge is 0.493 e. The molecule has 0 saturated carbocycles. The molecular formula is C25H21NO4. The number of amides is 2. The summed E-state index contributed by atoms with van der Waals surface area (Å²) < 4.78 is 10.9. The first-order valence-corrected chi connectivity index (χ1v) is 9.52. The minimum Gasteiger partial charge on any atom is -0.493 e. The Bertz CT molecular complexity index is 1160.